The third kappa shape index (κ3) is 6.44. The maximum Gasteiger partial charge on any atom is 0.233 e. The molecule has 41 heavy (non-hydrogen) atoms. The Labute approximate surface area is 241 Å². The molecule has 0 bridgehead atoms. The molecular weight excluding hydrogens is 518 g/mol. The number of benzene rings is 2. The number of likely N-dealkylation sites (tertiary alicyclic amines) is 1. The number of imidazole rings is 1. The Morgan fingerprint density at radius 1 is 1.29 bits per heavy atom. The molecule has 3 unspecified atom stereocenters. The molecule has 6 N–H and O–H groups in total. The number of hydrogen-bond acceptors (Lipinski definition) is 8. The van der Waals surface area contributed by atoms with E-state index in [1.807, 2.05) is 53.8 Å². The number of carbonyl (C=O) groups is 1. The molecule has 1 aromatic heterocycles. The Kier molecular flexibility index (Phi) is 9.46. The third-order valence-corrected chi connectivity index (χ3v) is 8.06. The number of rotatable bonds is 11. The van der Waals surface area contributed by atoms with Crippen LogP contribution in [0.15, 0.2) is 55.0 Å². The van der Waals surface area contributed by atoms with E-state index in [0.717, 1.165) is 42.5 Å². The fourth-order valence-corrected chi connectivity index (χ4v) is 5.88. The molecule has 1 aliphatic heterocycles. The number of aromatic nitrogens is 2. The summed E-state index contributed by atoms with van der Waals surface area (Å²) in [5, 5.41) is 22.0. The molecule has 218 valence electrons. The molecule has 4 rings (SSSR count). The molecule has 10 nitrogen and oxygen atoms in total. The molecule has 2 aromatic carbocycles. The Morgan fingerprint density at radius 3 is 2.78 bits per heavy atom. The standard InChI is InChI=1S/C31H41N7O3/c1-4-12-31(13-5-6-15-38(28(31)39)16-14-36-29(33)40)24-8-7-9-25(17-24)41-26-18-23(11-10-22(26)19-32)30(2,34)27-20-35-21-37(27)3/h7-11,17-18,20-21,29,36,40H,4-6,12-16,33-34H2,1-3H3. The van der Waals surface area contributed by atoms with Crippen molar-refractivity contribution in [2.75, 3.05) is 19.6 Å². The Morgan fingerprint density at radius 2 is 2.10 bits per heavy atom. The number of aliphatic hydroxyl groups is 1. The molecular formula is C31H41N7O3. The van der Waals surface area contributed by atoms with Gasteiger partial charge in [0.05, 0.1) is 34.7 Å². The second-order valence-electron chi connectivity index (χ2n) is 11.0. The Balaban J connectivity index is 1.67. The van der Waals surface area contributed by atoms with E-state index in [4.69, 9.17) is 16.2 Å². The van der Waals surface area contributed by atoms with E-state index in [9.17, 15) is 15.2 Å². The van der Waals surface area contributed by atoms with E-state index < -0.39 is 17.3 Å². The number of hydrogen-bond donors (Lipinski definition) is 4. The Bertz CT molecular complexity index is 1390. The van der Waals surface area contributed by atoms with Crippen LogP contribution in [-0.4, -0.2) is 51.5 Å². The van der Waals surface area contributed by atoms with Crippen molar-refractivity contribution in [3.8, 4) is 17.6 Å². The summed E-state index contributed by atoms with van der Waals surface area (Å²) in [6.07, 6.45) is 6.42. The molecule has 1 fully saturated rings. The number of amides is 1. The summed E-state index contributed by atoms with van der Waals surface area (Å²) >= 11 is 0. The highest BCUT2D eigenvalue weighted by Crippen LogP contribution is 2.41. The topological polar surface area (TPSA) is 155 Å². The number of aliphatic hydroxyl groups excluding tert-OH is 1. The number of ether oxygens (including phenoxy) is 1. The molecule has 3 aromatic rings. The summed E-state index contributed by atoms with van der Waals surface area (Å²) in [5.41, 5.74) is 13.5. The number of nitriles is 1. The highest BCUT2D eigenvalue weighted by molar-refractivity contribution is 5.88. The number of nitrogens with two attached hydrogens (primary N) is 2. The quantitative estimate of drug-likeness (QED) is 0.261. The summed E-state index contributed by atoms with van der Waals surface area (Å²) < 4.78 is 8.22. The molecule has 3 atom stereocenters. The first-order valence-electron chi connectivity index (χ1n) is 14.2. The van der Waals surface area contributed by atoms with Crippen LogP contribution in [0.4, 0.5) is 0 Å². The fourth-order valence-electron chi connectivity index (χ4n) is 5.88. The molecule has 1 aliphatic rings. The lowest BCUT2D eigenvalue weighted by atomic mass is 9.72. The molecule has 0 radical (unpaired) electrons. The van der Waals surface area contributed by atoms with Gasteiger partial charge in [-0.3, -0.25) is 15.8 Å². The number of aryl methyl sites for hydroxylation is 1. The second kappa shape index (κ2) is 12.8. The molecule has 2 heterocycles. The second-order valence-corrected chi connectivity index (χ2v) is 11.0. The normalized spacial score (nSPS) is 19.7. The average Bonchev–Trinajstić information content (AvgIpc) is 3.33. The largest absolute Gasteiger partial charge is 0.456 e. The highest BCUT2D eigenvalue weighted by Gasteiger charge is 2.43. The average molecular weight is 560 g/mol. The zero-order chi connectivity index (χ0) is 29.6. The van der Waals surface area contributed by atoms with E-state index in [1.165, 1.54) is 0 Å². The zero-order valence-electron chi connectivity index (χ0n) is 24.1. The van der Waals surface area contributed by atoms with Gasteiger partial charge < -0.3 is 25.0 Å². The number of nitrogens with one attached hydrogen (secondary N) is 1. The lowest BCUT2D eigenvalue weighted by Gasteiger charge is -2.36. The SMILES string of the molecule is CCCC1(c2cccc(Oc3cc(C(C)(N)c4cncn4C)ccc3C#N)c2)CCCCN(CCNC(N)O)C1=O. The van der Waals surface area contributed by atoms with Crippen LogP contribution in [0.25, 0.3) is 0 Å². The molecule has 0 spiro atoms. The molecule has 1 amide bonds. The van der Waals surface area contributed by atoms with Crippen molar-refractivity contribution in [1.29, 1.82) is 5.26 Å². The monoisotopic (exact) mass is 559 g/mol. The van der Waals surface area contributed by atoms with Crippen molar-refractivity contribution in [3.05, 3.63) is 77.4 Å². The predicted molar refractivity (Wildman–Crippen MR) is 157 cm³/mol. The van der Waals surface area contributed by atoms with E-state index in [2.05, 4.69) is 23.3 Å². The fraction of sp³-hybridized carbons (Fsp3) is 0.452. The van der Waals surface area contributed by atoms with Gasteiger partial charge in [0.25, 0.3) is 0 Å². The summed E-state index contributed by atoms with van der Waals surface area (Å²) in [5.74, 6) is 1.02. The lowest BCUT2D eigenvalue weighted by Crippen LogP contribution is -2.49. The maximum absolute atomic E-state index is 14.1. The van der Waals surface area contributed by atoms with Crippen molar-refractivity contribution in [2.45, 2.75) is 63.3 Å². The smallest absolute Gasteiger partial charge is 0.233 e. The van der Waals surface area contributed by atoms with Gasteiger partial charge in [-0.15, -0.1) is 0 Å². The van der Waals surface area contributed by atoms with Gasteiger partial charge in [0.2, 0.25) is 5.91 Å². The van der Waals surface area contributed by atoms with Gasteiger partial charge in [-0.2, -0.15) is 5.26 Å². The predicted octanol–water partition coefficient (Wildman–Crippen LogP) is 3.18. The minimum absolute atomic E-state index is 0.0806. The maximum atomic E-state index is 14.1. The third-order valence-electron chi connectivity index (χ3n) is 8.06. The van der Waals surface area contributed by atoms with E-state index in [0.29, 0.717) is 43.1 Å². The summed E-state index contributed by atoms with van der Waals surface area (Å²) in [4.78, 5) is 20.2. The van der Waals surface area contributed by atoms with Gasteiger partial charge in [-0.25, -0.2) is 4.98 Å². The van der Waals surface area contributed by atoms with Crippen LogP contribution in [-0.2, 0) is 22.8 Å². The van der Waals surface area contributed by atoms with Crippen molar-refractivity contribution in [2.24, 2.45) is 18.5 Å². The number of nitrogens with zero attached hydrogens (tertiary/aromatic N) is 4. The van der Waals surface area contributed by atoms with Crippen LogP contribution in [0.2, 0.25) is 0 Å². The first-order chi connectivity index (χ1) is 19.6. The van der Waals surface area contributed by atoms with Crippen LogP contribution in [0.3, 0.4) is 0 Å². The molecule has 0 aliphatic carbocycles. The minimum Gasteiger partial charge on any atom is -0.456 e. The van der Waals surface area contributed by atoms with Crippen LogP contribution in [0.1, 0.15) is 68.3 Å². The van der Waals surface area contributed by atoms with Crippen LogP contribution in [0, 0.1) is 11.3 Å². The first-order valence-corrected chi connectivity index (χ1v) is 14.2. The highest BCUT2D eigenvalue weighted by atomic mass is 16.5. The van der Waals surface area contributed by atoms with E-state index >= 15 is 0 Å². The Hall–Kier alpha value is -3.75. The molecule has 10 heteroatoms. The van der Waals surface area contributed by atoms with Gasteiger partial charge in [0, 0.05) is 26.7 Å². The summed E-state index contributed by atoms with van der Waals surface area (Å²) in [6.45, 7) is 5.52. The van der Waals surface area contributed by atoms with Gasteiger partial charge in [0.1, 0.15) is 17.6 Å². The van der Waals surface area contributed by atoms with Crippen molar-refractivity contribution in [3.63, 3.8) is 0 Å². The van der Waals surface area contributed by atoms with Crippen molar-refractivity contribution >= 4 is 5.91 Å². The molecule has 0 saturated carbocycles. The van der Waals surface area contributed by atoms with Gasteiger partial charge in [-0.1, -0.05) is 38.0 Å². The van der Waals surface area contributed by atoms with Crippen molar-refractivity contribution < 1.29 is 14.6 Å². The van der Waals surface area contributed by atoms with E-state index in [-0.39, 0.29) is 5.91 Å². The van der Waals surface area contributed by atoms with Gasteiger partial charge in [-0.05, 0) is 61.6 Å². The van der Waals surface area contributed by atoms with Gasteiger partial charge >= 0.3 is 0 Å². The number of carbonyl (C=O) groups excluding carboxylic acids is 1. The van der Waals surface area contributed by atoms with Crippen molar-refractivity contribution in [1.82, 2.24) is 19.8 Å². The van der Waals surface area contributed by atoms with Crippen LogP contribution >= 0.6 is 0 Å². The zero-order valence-corrected chi connectivity index (χ0v) is 24.1. The first kappa shape index (κ1) is 30.2. The summed E-state index contributed by atoms with van der Waals surface area (Å²) in [6, 6.07) is 15.2. The lowest BCUT2D eigenvalue weighted by molar-refractivity contribution is -0.137. The van der Waals surface area contributed by atoms with Gasteiger partial charge in [0.15, 0.2) is 6.35 Å². The summed E-state index contributed by atoms with van der Waals surface area (Å²) in [7, 11) is 1.89. The minimum atomic E-state index is -1.12. The van der Waals surface area contributed by atoms with Crippen LogP contribution < -0.4 is 21.5 Å². The van der Waals surface area contributed by atoms with Crippen LogP contribution in [0.5, 0.6) is 11.5 Å². The van der Waals surface area contributed by atoms with E-state index in [1.54, 1.807) is 24.7 Å². The molecule has 1 saturated heterocycles.